The SMILES string of the molecule is CCN(C)Nc1nnc(Oc2cccc(N)c2)n(CC(=O)NCc2ccc(C(=N)N)cc2)c1=O. The van der Waals surface area contributed by atoms with E-state index in [0.29, 0.717) is 23.5 Å². The van der Waals surface area contributed by atoms with E-state index in [-0.39, 0.29) is 30.8 Å². The number of hydrazine groups is 1. The number of anilines is 2. The predicted molar refractivity (Wildman–Crippen MR) is 128 cm³/mol. The lowest BCUT2D eigenvalue weighted by Gasteiger charge is -2.17. The molecule has 12 nitrogen and oxygen atoms in total. The normalized spacial score (nSPS) is 10.7. The van der Waals surface area contributed by atoms with Crippen molar-refractivity contribution in [2.75, 3.05) is 24.8 Å². The number of nitrogen functional groups attached to an aromatic ring is 2. The summed E-state index contributed by atoms with van der Waals surface area (Å²) in [6, 6.07) is 13.4. The Hall–Kier alpha value is -4.45. The molecule has 1 heterocycles. The summed E-state index contributed by atoms with van der Waals surface area (Å²) in [6.07, 6.45) is 0. The molecule has 0 saturated carbocycles. The third-order valence-electron chi connectivity index (χ3n) is 4.81. The average Bonchev–Trinajstić information content (AvgIpc) is 2.82. The third kappa shape index (κ3) is 6.29. The first-order chi connectivity index (χ1) is 16.3. The van der Waals surface area contributed by atoms with Crippen LogP contribution >= 0.6 is 0 Å². The highest BCUT2D eigenvalue weighted by molar-refractivity contribution is 5.94. The Labute approximate surface area is 196 Å². The highest BCUT2D eigenvalue weighted by Crippen LogP contribution is 2.20. The maximum atomic E-state index is 13.1. The van der Waals surface area contributed by atoms with Gasteiger partial charge in [0.05, 0.1) is 0 Å². The second kappa shape index (κ2) is 10.9. The molecule has 0 aliphatic heterocycles. The molecule has 0 atom stereocenters. The number of nitrogens with zero attached hydrogens (tertiary/aromatic N) is 4. The number of carbonyl (C=O) groups is 1. The Bertz CT molecular complexity index is 1230. The first-order valence-corrected chi connectivity index (χ1v) is 10.5. The molecule has 7 N–H and O–H groups in total. The molecule has 0 spiro atoms. The molecule has 1 aromatic heterocycles. The summed E-state index contributed by atoms with van der Waals surface area (Å²) in [5.74, 6) is -0.166. The minimum Gasteiger partial charge on any atom is -0.424 e. The van der Waals surface area contributed by atoms with E-state index in [1.54, 1.807) is 60.6 Å². The molecule has 0 aliphatic rings. The topological polar surface area (TPSA) is 177 Å². The lowest BCUT2D eigenvalue weighted by atomic mass is 10.1. The maximum Gasteiger partial charge on any atom is 0.324 e. The Kier molecular flexibility index (Phi) is 7.77. The van der Waals surface area contributed by atoms with Crippen LogP contribution in [0.4, 0.5) is 11.5 Å². The van der Waals surface area contributed by atoms with Crippen LogP contribution in [0.1, 0.15) is 18.1 Å². The standard InChI is InChI=1S/C22H27N9O3/c1-3-30(2)29-20-21(33)31(22(28-27-20)34-17-6-4-5-16(23)11-17)13-18(32)26-12-14-7-9-15(10-8-14)19(24)25/h4-11H,3,12-13,23H2,1-2H3,(H3,24,25)(H,26,32)(H,27,29). The van der Waals surface area contributed by atoms with Gasteiger partial charge in [0.2, 0.25) is 11.7 Å². The molecule has 0 bridgehead atoms. The first-order valence-electron chi connectivity index (χ1n) is 10.5. The molecule has 0 unspecified atom stereocenters. The number of ether oxygens (including phenoxy) is 1. The van der Waals surface area contributed by atoms with Crippen LogP contribution in [0, 0.1) is 5.41 Å². The van der Waals surface area contributed by atoms with Crippen molar-refractivity contribution in [2.24, 2.45) is 5.73 Å². The van der Waals surface area contributed by atoms with E-state index >= 15 is 0 Å². The fraction of sp³-hybridized carbons (Fsp3) is 0.227. The zero-order valence-electron chi connectivity index (χ0n) is 18.9. The number of aromatic nitrogens is 3. The fourth-order valence-corrected chi connectivity index (χ4v) is 2.83. The summed E-state index contributed by atoms with van der Waals surface area (Å²) >= 11 is 0. The van der Waals surface area contributed by atoms with Gasteiger partial charge in [-0.25, -0.2) is 9.58 Å². The zero-order valence-corrected chi connectivity index (χ0v) is 18.9. The number of hydrogen-bond acceptors (Lipinski definition) is 9. The van der Waals surface area contributed by atoms with Gasteiger partial charge in [-0.1, -0.05) is 42.4 Å². The molecule has 3 aromatic rings. The molecule has 0 radical (unpaired) electrons. The summed E-state index contributed by atoms with van der Waals surface area (Å²) in [7, 11) is 1.74. The predicted octanol–water partition coefficient (Wildman–Crippen LogP) is 0.892. The number of hydrogen-bond donors (Lipinski definition) is 5. The fourth-order valence-electron chi connectivity index (χ4n) is 2.83. The summed E-state index contributed by atoms with van der Waals surface area (Å²) in [6.45, 7) is 2.37. The van der Waals surface area contributed by atoms with Gasteiger partial charge in [0, 0.05) is 37.5 Å². The molecular formula is C22H27N9O3. The molecule has 1 amide bonds. The Morgan fingerprint density at radius 3 is 2.59 bits per heavy atom. The number of rotatable bonds is 10. The molecule has 0 saturated heterocycles. The smallest absolute Gasteiger partial charge is 0.324 e. The number of benzene rings is 2. The van der Waals surface area contributed by atoms with Crippen LogP contribution < -0.4 is 32.5 Å². The van der Waals surface area contributed by atoms with Crippen LogP contribution in [-0.4, -0.2) is 45.1 Å². The molecule has 178 valence electrons. The summed E-state index contributed by atoms with van der Waals surface area (Å²) in [5.41, 5.74) is 15.4. The lowest BCUT2D eigenvalue weighted by molar-refractivity contribution is -0.122. The van der Waals surface area contributed by atoms with Crippen LogP contribution in [0.5, 0.6) is 11.8 Å². The molecule has 34 heavy (non-hydrogen) atoms. The van der Waals surface area contributed by atoms with Crippen molar-refractivity contribution < 1.29 is 9.53 Å². The number of nitrogens with one attached hydrogen (secondary N) is 3. The summed E-state index contributed by atoms with van der Waals surface area (Å²) in [5, 5.41) is 19.8. The van der Waals surface area contributed by atoms with Crippen molar-refractivity contribution in [3.8, 4) is 11.8 Å². The van der Waals surface area contributed by atoms with Crippen molar-refractivity contribution in [1.82, 2.24) is 25.1 Å². The average molecular weight is 466 g/mol. The van der Waals surface area contributed by atoms with Crippen LogP contribution in [0.15, 0.2) is 53.3 Å². The number of nitrogens with two attached hydrogens (primary N) is 2. The number of amidine groups is 1. The largest absolute Gasteiger partial charge is 0.424 e. The van der Waals surface area contributed by atoms with Crippen molar-refractivity contribution in [1.29, 1.82) is 5.41 Å². The first kappa shape index (κ1) is 24.2. The van der Waals surface area contributed by atoms with Gasteiger partial charge in [-0.3, -0.25) is 20.4 Å². The van der Waals surface area contributed by atoms with Gasteiger partial charge in [0.1, 0.15) is 18.1 Å². The van der Waals surface area contributed by atoms with Crippen LogP contribution in [0.25, 0.3) is 0 Å². The second-order valence-corrected chi connectivity index (χ2v) is 7.41. The summed E-state index contributed by atoms with van der Waals surface area (Å²) < 4.78 is 6.81. The van der Waals surface area contributed by atoms with E-state index in [4.69, 9.17) is 21.6 Å². The Morgan fingerprint density at radius 2 is 1.94 bits per heavy atom. The minimum absolute atomic E-state index is 0.0361. The molecule has 3 rings (SSSR count). The van der Waals surface area contributed by atoms with E-state index < -0.39 is 11.5 Å². The van der Waals surface area contributed by atoms with Crippen LogP contribution in [-0.2, 0) is 17.9 Å². The number of carbonyl (C=O) groups excluding carboxylic acids is 1. The van der Waals surface area contributed by atoms with Gasteiger partial charge in [-0.05, 0) is 17.7 Å². The highest BCUT2D eigenvalue weighted by atomic mass is 16.5. The Morgan fingerprint density at radius 1 is 1.21 bits per heavy atom. The van der Waals surface area contributed by atoms with Gasteiger partial charge < -0.3 is 21.5 Å². The van der Waals surface area contributed by atoms with E-state index in [2.05, 4.69) is 20.9 Å². The van der Waals surface area contributed by atoms with E-state index in [1.165, 1.54) is 0 Å². The minimum atomic E-state index is -0.574. The van der Waals surface area contributed by atoms with Crippen LogP contribution in [0.2, 0.25) is 0 Å². The third-order valence-corrected chi connectivity index (χ3v) is 4.81. The molecule has 0 aliphatic carbocycles. The molecular weight excluding hydrogens is 438 g/mol. The number of amides is 1. The van der Waals surface area contributed by atoms with Crippen molar-refractivity contribution in [2.45, 2.75) is 20.0 Å². The van der Waals surface area contributed by atoms with Crippen molar-refractivity contribution in [3.63, 3.8) is 0 Å². The molecule has 0 fully saturated rings. The molecule has 12 heteroatoms. The maximum absolute atomic E-state index is 13.1. The van der Waals surface area contributed by atoms with Crippen molar-refractivity contribution in [3.05, 3.63) is 70.0 Å². The van der Waals surface area contributed by atoms with E-state index in [9.17, 15) is 9.59 Å². The Balaban J connectivity index is 1.81. The van der Waals surface area contributed by atoms with Crippen LogP contribution in [0.3, 0.4) is 0 Å². The van der Waals surface area contributed by atoms with Crippen molar-refractivity contribution >= 4 is 23.2 Å². The lowest BCUT2D eigenvalue weighted by Crippen LogP contribution is -2.37. The van der Waals surface area contributed by atoms with Gasteiger partial charge in [0.25, 0.3) is 0 Å². The zero-order chi connectivity index (χ0) is 24.7. The molecule has 2 aromatic carbocycles. The monoisotopic (exact) mass is 465 g/mol. The summed E-state index contributed by atoms with van der Waals surface area (Å²) in [4.78, 5) is 25.7. The second-order valence-electron chi connectivity index (χ2n) is 7.41. The highest BCUT2D eigenvalue weighted by Gasteiger charge is 2.18. The van der Waals surface area contributed by atoms with Gasteiger partial charge in [0.15, 0.2) is 0 Å². The van der Waals surface area contributed by atoms with E-state index in [0.717, 1.165) is 10.1 Å². The van der Waals surface area contributed by atoms with E-state index in [1.807, 2.05) is 6.92 Å². The van der Waals surface area contributed by atoms with Gasteiger partial charge in [-0.15, -0.1) is 5.10 Å². The van der Waals surface area contributed by atoms with Gasteiger partial charge >= 0.3 is 11.6 Å². The van der Waals surface area contributed by atoms with Gasteiger partial charge in [-0.2, -0.15) is 0 Å². The quantitative estimate of drug-likeness (QED) is 0.126.